The highest BCUT2D eigenvalue weighted by Crippen LogP contribution is 2.32. The molecular weight excluding hydrogens is 505 g/mol. The van der Waals surface area contributed by atoms with Crippen LogP contribution in [0, 0.1) is 0 Å². The molecule has 3 aromatic carbocycles. The molecule has 2 atom stereocenters. The van der Waals surface area contributed by atoms with Gasteiger partial charge in [-0.3, -0.25) is 4.79 Å². The maximum absolute atomic E-state index is 13.3. The molecule has 3 rings (SSSR count). The van der Waals surface area contributed by atoms with Gasteiger partial charge >= 0.3 is 6.18 Å². The summed E-state index contributed by atoms with van der Waals surface area (Å²) in [7, 11) is 0. The van der Waals surface area contributed by atoms with Gasteiger partial charge < -0.3 is 25.0 Å². The SMILES string of the molecule is C[S+]([O-])c1cc(C(O)CNCCCCN(C(=O)c2ccccc2)c2cccc(C(F)(F)F)c2)ccc1O. The Kier molecular flexibility index (Phi) is 9.99. The molecule has 198 valence electrons. The zero-order valence-corrected chi connectivity index (χ0v) is 21.1. The smallest absolute Gasteiger partial charge is 0.416 e. The maximum Gasteiger partial charge on any atom is 0.416 e. The Hall–Kier alpha value is -3.05. The van der Waals surface area contributed by atoms with Crippen molar-refractivity contribution in [2.45, 2.75) is 30.0 Å². The van der Waals surface area contributed by atoms with Crippen LogP contribution in [0.3, 0.4) is 0 Å². The number of benzene rings is 3. The van der Waals surface area contributed by atoms with Gasteiger partial charge in [0.15, 0.2) is 10.6 Å². The van der Waals surface area contributed by atoms with Crippen molar-refractivity contribution in [1.82, 2.24) is 5.32 Å². The van der Waals surface area contributed by atoms with Crippen molar-refractivity contribution in [2.75, 3.05) is 30.8 Å². The topological polar surface area (TPSA) is 95.9 Å². The van der Waals surface area contributed by atoms with Gasteiger partial charge in [0.2, 0.25) is 0 Å². The monoisotopic (exact) mass is 534 g/mol. The van der Waals surface area contributed by atoms with E-state index in [1.54, 1.807) is 36.4 Å². The number of phenols is 1. The van der Waals surface area contributed by atoms with Crippen LogP contribution in [0.15, 0.2) is 77.7 Å². The van der Waals surface area contributed by atoms with Crippen LogP contribution in [0.1, 0.15) is 40.4 Å². The number of unbranched alkanes of at least 4 members (excludes halogenated alkanes) is 1. The predicted octanol–water partition coefficient (Wildman–Crippen LogP) is 4.90. The summed E-state index contributed by atoms with van der Waals surface area (Å²) < 4.78 is 51.5. The molecule has 0 aliphatic rings. The average molecular weight is 535 g/mol. The molecule has 0 spiro atoms. The Bertz CT molecular complexity index is 1180. The number of rotatable bonds is 11. The van der Waals surface area contributed by atoms with Crippen LogP contribution >= 0.6 is 0 Å². The van der Waals surface area contributed by atoms with E-state index in [9.17, 15) is 32.7 Å². The number of amides is 1. The maximum atomic E-state index is 13.3. The van der Waals surface area contributed by atoms with Crippen LogP contribution < -0.4 is 10.2 Å². The van der Waals surface area contributed by atoms with E-state index >= 15 is 0 Å². The van der Waals surface area contributed by atoms with Crippen molar-refractivity contribution in [1.29, 1.82) is 0 Å². The molecule has 0 fully saturated rings. The highest BCUT2D eigenvalue weighted by Gasteiger charge is 2.31. The van der Waals surface area contributed by atoms with Gasteiger partial charge in [0.25, 0.3) is 5.91 Å². The molecule has 0 aliphatic carbocycles. The fraction of sp³-hybridized carbons (Fsp3) is 0.296. The molecule has 1 amide bonds. The second kappa shape index (κ2) is 13.0. The molecule has 0 saturated heterocycles. The number of aromatic hydroxyl groups is 1. The molecule has 0 radical (unpaired) electrons. The number of carbonyl (C=O) groups is 1. The number of nitrogens with zero attached hydrogens (tertiary/aromatic N) is 1. The lowest BCUT2D eigenvalue weighted by molar-refractivity contribution is -0.137. The second-order valence-electron chi connectivity index (χ2n) is 8.48. The minimum Gasteiger partial charge on any atom is -0.612 e. The van der Waals surface area contributed by atoms with Crippen molar-refractivity contribution < 1.29 is 32.7 Å². The third-order valence-electron chi connectivity index (χ3n) is 5.75. The molecule has 6 nitrogen and oxygen atoms in total. The van der Waals surface area contributed by atoms with E-state index in [2.05, 4.69) is 5.32 Å². The third kappa shape index (κ3) is 7.96. The van der Waals surface area contributed by atoms with Gasteiger partial charge in [-0.05, 0) is 72.5 Å². The van der Waals surface area contributed by atoms with Gasteiger partial charge in [-0.25, -0.2) is 0 Å². The highest BCUT2D eigenvalue weighted by atomic mass is 32.2. The number of anilines is 1. The molecule has 3 N–H and O–H groups in total. The zero-order valence-electron chi connectivity index (χ0n) is 20.2. The summed E-state index contributed by atoms with van der Waals surface area (Å²) in [6.45, 7) is 0.918. The number of phenolic OH excluding ortho intramolecular Hbond substituents is 1. The van der Waals surface area contributed by atoms with E-state index in [0.29, 0.717) is 30.5 Å². The minimum atomic E-state index is -4.52. The first-order chi connectivity index (χ1) is 17.6. The number of aliphatic hydroxyl groups is 1. The van der Waals surface area contributed by atoms with E-state index in [-0.39, 0.29) is 35.3 Å². The summed E-state index contributed by atoms with van der Waals surface area (Å²) in [5.41, 5.74) is 0.237. The Morgan fingerprint density at radius 1 is 1.05 bits per heavy atom. The van der Waals surface area contributed by atoms with Crippen molar-refractivity contribution in [2.24, 2.45) is 0 Å². The molecule has 2 unspecified atom stereocenters. The van der Waals surface area contributed by atoms with Crippen LogP contribution in [0.2, 0.25) is 0 Å². The van der Waals surface area contributed by atoms with Crippen molar-refractivity contribution in [3.63, 3.8) is 0 Å². The molecule has 0 aromatic heterocycles. The number of carbonyl (C=O) groups excluding carboxylic acids is 1. The normalized spacial score (nSPS) is 13.2. The van der Waals surface area contributed by atoms with E-state index < -0.39 is 29.0 Å². The number of nitrogens with one attached hydrogen (secondary N) is 1. The predicted molar refractivity (Wildman–Crippen MR) is 137 cm³/mol. The quantitative estimate of drug-likeness (QED) is 0.240. The molecular formula is C27H29F3N2O4S. The number of hydrogen-bond donors (Lipinski definition) is 3. The van der Waals surface area contributed by atoms with Crippen LogP contribution in [0.4, 0.5) is 18.9 Å². The van der Waals surface area contributed by atoms with Gasteiger partial charge in [-0.15, -0.1) is 0 Å². The fourth-order valence-electron chi connectivity index (χ4n) is 3.78. The fourth-order valence-corrected chi connectivity index (χ4v) is 4.44. The summed E-state index contributed by atoms with van der Waals surface area (Å²) in [4.78, 5) is 14.7. The summed E-state index contributed by atoms with van der Waals surface area (Å²) in [6, 6.07) is 17.6. The van der Waals surface area contributed by atoms with E-state index in [4.69, 9.17) is 0 Å². The van der Waals surface area contributed by atoms with Gasteiger partial charge in [-0.2, -0.15) is 13.2 Å². The first-order valence-corrected chi connectivity index (χ1v) is 13.2. The molecule has 3 aromatic rings. The van der Waals surface area contributed by atoms with Crippen molar-refractivity contribution >= 4 is 22.8 Å². The highest BCUT2D eigenvalue weighted by molar-refractivity contribution is 7.90. The molecule has 0 aliphatic heterocycles. The van der Waals surface area contributed by atoms with Crippen molar-refractivity contribution in [3.8, 4) is 5.75 Å². The van der Waals surface area contributed by atoms with Gasteiger partial charge in [0.1, 0.15) is 6.26 Å². The van der Waals surface area contributed by atoms with E-state index in [1.807, 2.05) is 0 Å². The number of alkyl halides is 3. The van der Waals surface area contributed by atoms with E-state index in [0.717, 1.165) is 12.1 Å². The van der Waals surface area contributed by atoms with Crippen LogP contribution in [-0.2, 0) is 17.4 Å². The molecule has 0 bridgehead atoms. The van der Waals surface area contributed by atoms with Crippen molar-refractivity contribution in [3.05, 3.63) is 89.5 Å². The van der Waals surface area contributed by atoms with Crippen LogP contribution in [0.5, 0.6) is 5.75 Å². The third-order valence-corrected chi connectivity index (χ3v) is 6.70. The van der Waals surface area contributed by atoms with Crippen LogP contribution in [-0.4, -0.2) is 46.6 Å². The Morgan fingerprint density at radius 3 is 2.46 bits per heavy atom. The largest absolute Gasteiger partial charge is 0.612 e. The molecule has 37 heavy (non-hydrogen) atoms. The lowest BCUT2D eigenvalue weighted by Crippen LogP contribution is -2.32. The standard InChI is InChI=1S/C27H29F3N2O4S/c1-37(36)25-16-20(12-13-23(25)33)24(34)18-31-14-5-6-15-32(26(35)19-8-3-2-4-9-19)22-11-7-10-21(17-22)27(28,29)30/h2-4,7-13,16-17,24,31,33-34H,5-6,14-15,18H2,1H3. The average Bonchev–Trinajstić information content (AvgIpc) is 2.88. The summed E-state index contributed by atoms with van der Waals surface area (Å²) in [5.74, 6) is -0.486. The molecule has 0 heterocycles. The Labute approximate surface area is 216 Å². The van der Waals surface area contributed by atoms with E-state index in [1.165, 1.54) is 35.4 Å². The number of hydrogen-bond acceptors (Lipinski definition) is 5. The number of aliphatic hydroxyl groups excluding tert-OH is 1. The first kappa shape index (κ1) is 28.5. The summed E-state index contributed by atoms with van der Waals surface area (Å²) in [5, 5.41) is 23.3. The van der Waals surface area contributed by atoms with Gasteiger partial charge in [0, 0.05) is 30.4 Å². The lowest BCUT2D eigenvalue weighted by atomic mass is 10.1. The molecule has 10 heteroatoms. The molecule has 0 saturated carbocycles. The Morgan fingerprint density at radius 2 is 1.78 bits per heavy atom. The van der Waals surface area contributed by atoms with Crippen LogP contribution in [0.25, 0.3) is 0 Å². The Balaban J connectivity index is 1.59. The number of halogens is 3. The first-order valence-electron chi connectivity index (χ1n) is 11.7. The lowest BCUT2D eigenvalue weighted by Gasteiger charge is -2.24. The summed E-state index contributed by atoms with van der Waals surface area (Å²) >= 11 is -1.40. The van der Waals surface area contributed by atoms with Gasteiger partial charge in [-0.1, -0.05) is 30.3 Å². The second-order valence-corrected chi connectivity index (χ2v) is 9.83. The zero-order chi connectivity index (χ0) is 27.0. The summed E-state index contributed by atoms with van der Waals surface area (Å²) in [6.07, 6.45) is -2.86. The van der Waals surface area contributed by atoms with Gasteiger partial charge in [0.05, 0.1) is 11.7 Å². The minimum absolute atomic E-state index is 0.0971.